The second kappa shape index (κ2) is 7.23. The van der Waals surface area contributed by atoms with Gasteiger partial charge in [-0.1, -0.05) is 48.2 Å². The normalized spacial score (nSPS) is 15.6. The number of carbonyl (C=O) groups excluding carboxylic acids is 2. The number of hydrogen-bond acceptors (Lipinski definition) is 5. The van der Waals surface area contributed by atoms with E-state index in [0.29, 0.717) is 26.0 Å². The van der Waals surface area contributed by atoms with Crippen molar-refractivity contribution in [3.8, 4) is 0 Å². The Morgan fingerprint density at radius 2 is 1.81 bits per heavy atom. The molecule has 2 aromatic rings. The number of Topliss-reactive ketones (excluding diaryl/α,β-unsaturated/α-hetero) is 1. The SMILES string of the molecule is CC(=O)c1cccc(N2C(=O)C(=Cc3ccc(C(=O)O)cc3)SC2=S)c1. The van der Waals surface area contributed by atoms with Crippen LogP contribution in [0.2, 0.25) is 0 Å². The number of carboxylic acid groups (broad SMARTS) is 1. The summed E-state index contributed by atoms with van der Waals surface area (Å²) in [6, 6.07) is 13.0. The lowest BCUT2D eigenvalue weighted by Gasteiger charge is -2.15. The van der Waals surface area contributed by atoms with Crippen molar-refractivity contribution >= 4 is 57.7 Å². The minimum absolute atomic E-state index is 0.0913. The van der Waals surface area contributed by atoms with Crippen LogP contribution in [0.15, 0.2) is 53.4 Å². The number of carboxylic acids is 1. The van der Waals surface area contributed by atoms with Gasteiger partial charge in [0.1, 0.15) is 0 Å². The molecule has 5 nitrogen and oxygen atoms in total. The Labute approximate surface area is 159 Å². The van der Waals surface area contributed by atoms with Gasteiger partial charge in [-0.05, 0) is 42.8 Å². The first kappa shape index (κ1) is 18.0. The molecular weight excluding hydrogens is 370 g/mol. The molecule has 1 fully saturated rings. The number of rotatable bonds is 4. The number of ketones is 1. The molecular formula is C19H13NO4S2. The summed E-state index contributed by atoms with van der Waals surface area (Å²) in [7, 11) is 0. The predicted molar refractivity (Wildman–Crippen MR) is 105 cm³/mol. The quantitative estimate of drug-likeness (QED) is 0.489. The summed E-state index contributed by atoms with van der Waals surface area (Å²) in [5.41, 5.74) is 1.93. The molecule has 2 aromatic carbocycles. The van der Waals surface area contributed by atoms with Crippen LogP contribution < -0.4 is 4.90 Å². The van der Waals surface area contributed by atoms with Crippen molar-refractivity contribution in [3.63, 3.8) is 0 Å². The first-order chi connectivity index (χ1) is 12.4. The van der Waals surface area contributed by atoms with Crippen LogP contribution >= 0.6 is 24.0 Å². The molecule has 1 aliphatic rings. The molecule has 1 heterocycles. The molecule has 1 saturated heterocycles. The summed E-state index contributed by atoms with van der Waals surface area (Å²) >= 11 is 6.49. The first-order valence-corrected chi connectivity index (χ1v) is 8.81. The Kier molecular flexibility index (Phi) is 5.01. The number of nitrogens with zero attached hydrogens (tertiary/aromatic N) is 1. The number of thiocarbonyl (C=S) groups is 1. The highest BCUT2D eigenvalue weighted by atomic mass is 32.2. The van der Waals surface area contributed by atoms with Gasteiger partial charge in [-0.3, -0.25) is 14.5 Å². The maximum Gasteiger partial charge on any atom is 0.335 e. The molecule has 1 aliphatic heterocycles. The van der Waals surface area contributed by atoms with Gasteiger partial charge < -0.3 is 5.11 Å². The minimum Gasteiger partial charge on any atom is -0.478 e. The number of anilines is 1. The van der Waals surface area contributed by atoms with Crippen LogP contribution in [0.1, 0.15) is 33.2 Å². The van der Waals surface area contributed by atoms with E-state index in [-0.39, 0.29) is 17.3 Å². The highest BCUT2D eigenvalue weighted by Crippen LogP contribution is 2.36. The van der Waals surface area contributed by atoms with Gasteiger partial charge >= 0.3 is 5.97 Å². The fourth-order valence-electron chi connectivity index (χ4n) is 2.43. The lowest BCUT2D eigenvalue weighted by atomic mass is 10.1. The number of aromatic carboxylic acids is 1. The number of amides is 1. The third-order valence-electron chi connectivity index (χ3n) is 3.76. The molecule has 0 bridgehead atoms. The van der Waals surface area contributed by atoms with Crippen LogP contribution in [-0.2, 0) is 4.79 Å². The van der Waals surface area contributed by atoms with E-state index in [4.69, 9.17) is 17.3 Å². The van der Waals surface area contributed by atoms with Crippen LogP contribution in [0.5, 0.6) is 0 Å². The van der Waals surface area contributed by atoms with Crippen molar-refractivity contribution in [3.05, 3.63) is 70.1 Å². The topological polar surface area (TPSA) is 74.7 Å². The second-order valence-corrected chi connectivity index (χ2v) is 7.23. The zero-order chi connectivity index (χ0) is 18.8. The fraction of sp³-hybridized carbons (Fsp3) is 0.0526. The van der Waals surface area contributed by atoms with E-state index in [9.17, 15) is 14.4 Å². The fourth-order valence-corrected chi connectivity index (χ4v) is 3.73. The van der Waals surface area contributed by atoms with Crippen molar-refractivity contribution in [1.82, 2.24) is 0 Å². The summed E-state index contributed by atoms with van der Waals surface area (Å²) in [5, 5.41) is 8.94. The van der Waals surface area contributed by atoms with E-state index < -0.39 is 5.97 Å². The molecule has 0 saturated carbocycles. The highest BCUT2D eigenvalue weighted by molar-refractivity contribution is 8.27. The van der Waals surface area contributed by atoms with Crippen LogP contribution in [0.25, 0.3) is 6.08 Å². The molecule has 3 rings (SSSR count). The molecule has 130 valence electrons. The van der Waals surface area contributed by atoms with E-state index in [1.54, 1.807) is 42.5 Å². The number of benzene rings is 2. The van der Waals surface area contributed by atoms with Crippen molar-refractivity contribution in [2.45, 2.75) is 6.92 Å². The van der Waals surface area contributed by atoms with E-state index in [0.717, 1.165) is 11.8 Å². The van der Waals surface area contributed by atoms with Crippen LogP contribution in [0, 0.1) is 0 Å². The number of hydrogen-bond donors (Lipinski definition) is 1. The van der Waals surface area contributed by atoms with Gasteiger partial charge in [0.2, 0.25) is 0 Å². The molecule has 0 aliphatic carbocycles. The third-order valence-corrected chi connectivity index (χ3v) is 5.06. The Balaban J connectivity index is 1.90. The second-order valence-electron chi connectivity index (χ2n) is 5.55. The average Bonchev–Trinajstić information content (AvgIpc) is 2.89. The summed E-state index contributed by atoms with van der Waals surface area (Å²) in [4.78, 5) is 37.0. The Morgan fingerprint density at radius 3 is 2.42 bits per heavy atom. The molecule has 0 atom stereocenters. The highest BCUT2D eigenvalue weighted by Gasteiger charge is 2.33. The van der Waals surface area contributed by atoms with Crippen LogP contribution in [0.3, 0.4) is 0 Å². The summed E-state index contributed by atoms with van der Waals surface area (Å²) in [6.07, 6.45) is 1.67. The first-order valence-electron chi connectivity index (χ1n) is 7.59. The lowest BCUT2D eigenvalue weighted by Crippen LogP contribution is -2.27. The molecule has 7 heteroatoms. The molecule has 0 aromatic heterocycles. The largest absolute Gasteiger partial charge is 0.478 e. The summed E-state index contributed by atoms with van der Waals surface area (Å²) < 4.78 is 0.379. The molecule has 26 heavy (non-hydrogen) atoms. The van der Waals surface area contributed by atoms with Crippen molar-refractivity contribution in [2.24, 2.45) is 0 Å². The summed E-state index contributed by atoms with van der Waals surface area (Å²) in [6.45, 7) is 1.46. The maximum absolute atomic E-state index is 12.7. The predicted octanol–water partition coefficient (Wildman–Crippen LogP) is 3.99. The molecule has 1 N–H and O–H groups in total. The molecule has 1 amide bonds. The zero-order valence-electron chi connectivity index (χ0n) is 13.6. The van der Waals surface area contributed by atoms with Gasteiger partial charge in [-0.25, -0.2) is 4.79 Å². The van der Waals surface area contributed by atoms with E-state index in [1.165, 1.54) is 24.0 Å². The molecule has 0 unspecified atom stereocenters. The van der Waals surface area contributed by atoms with Crippen molar-refractivity contribution in [2.75, 3.05) is 4.90 Å². The van der Waals surface area contributed by atoms with E-state index in [2.05, 4.69) is 0 Å². The monoisotopic (exact) mass is 383 g/mol. The van der Waals surface area contributed by atoms with E-state index in [1.807, 2.05) is 0 Å². The summed E-state index contributed by atoms with van der Waals surface area (Å²) in [5.74, 6) is -1.37. The minimum atomic E-state index is -1.01. The Morgan fingerprint density at radius 1 is 1.12 bits per heavy atom. The van der Waals surface area contributed by atoms with Gasteiger partial charge in [0.05, 0.1) is 16.2 Å². The Bertz CT molecular complexity index is 964. The van der Waals surface area contributed by atoms with Crippen molar-refractivity contribution < 1.29 is 19.5 Å². The van der Waals surface area contributed by atoms with Gasteiger partial charge in [0.25, 0.3) is 5.91 Å². The van der Waals surface area contributed by atoms with Crippen LogP contribution in [-0.4, -0.2) is 27.1 Å². The maximum atomic E-state index is 12.7. The van der Waals surface area contributed by atoms with E-state index >= 15 is 0 Å². The van der Waals surface area contributed by atoms with Gasteiger partial charge in [0.15, 0.2) is 10.1 Å². The Hall–Kier alpha value is -2.77. The van der Waals surface area contributed by atoms with Gasteiger partial charge in [0, 0.05) is 5.56 Å². The van der Waals surface area contributed by atoms with Gasteiger partial charge in [-0.15, -0.1) is 0 Å². The zero-order valence-corrected chi connectivity index (χ0v) is 15.3. The number of carbonyl (C=O) groups is 3. The van der Waals surface area contributed by atoms with Crippen LogP contribution in [0.4, 0.5) is 5.69 Å². The molecule has 0 spiro atoms. The average molecular weight is 383 g/mol. The lowest BCUT2D eigenvalue weighted by molar-refractivity contribution is -0.113. The molecule has 0 radical (unpaired) electrons. The van der Waals surface area contributed by atoms with Gasteiger partial charge in [-0.2, -0.15) is 0 Å². The third kappa shape index (κ3) is 3.58. The van der Waals surface area contributed by atoms with Crippen molar-refractivity contribution in [1.29, 1.82) is 0 Å². The number of thioether (sulfide) groups is 1. The standard InChI is InChI=1S/C19H13NO4S2/c1-11(21)14-3-2-4-15(10-14)20-17(22)16(26-19(20)25)9-12-5-7-13(8-6-12)18(23)24/h2-10H,1H3,(H,23,24). The smallest absolute Gasteiger partial charge is 0.335 e.